The molecule has 0 aliphatic heterocycles. The van der Waals surface area contributed by atoms with Crippen molar-refractivity contribution in [3.63, 3.8) is 0 Å². The quantitative estimate of drug-likeness (QED) is 0.819. The monoisotopic (exact) mass is 331 g/mol. The fourth-order valence-electron chi connectivity index (χ4n) is 1.91. The van der Waals surface area contributed by atoms with Gasteiger partial charge in [-0.3, -0.25) is 4.79 Å². The topological polar surface area (TPSA) is 75.6 Å². The molecule has 0 atom stereocenters. The Morgan fingerprint density at radius 2 is 2.00 bits per heavy atom. The van der Waals surface area contributed by atoms with E-state index in [9.17, 15) is 9.59 Å². The van der Waals surface area contributed by atoms with Crippen molar-refractivity contribution < 1.29 is 19.4 Å². The van der Waals surface area contributed by atoms with Gasteiger partial charge >= 0.3 is 5.97 Å². The third-order valence-electron chi connectivity index (χ3n) is 2.98. The molecule has 118 valence electrons. The Hall–Kier alpha value is -2.79. The maximum atomic E-state index is 11.9. The lowest BCUT2D eigenvalue weighted by Crippen LogP contribution is -2.08. The van der Waals surface area contributed by atoms with E-state index in [1.165, 1.54) is 25.3 Å². The number of methoxy groups -OCH3 is 1. The molecule has 1 amide bonds. The number of carbonyl (C=O) groups excluding carboxylic acids is 1. The number of ether oxygens (including phenoxy) is 1. The second-order valence-corrected chi connectivity index (χ2v) is 5.03. The number of hydrogen-bond acceptors (Lipinski definition) is 3. The van der Waals surface area contributed by atoms with E-state index in [-0.39, 0.29) is 5.56 Å². The zero-order valence-electron chi connectivity index (χ0n) is 12.2. The first-order valence-corrected chi connectivity index (χ1v) is 7.03. The second kappa shape index (κ2) is 7.47. The van der Waals surface area contributed by atoms with Crippen LogP contribution in [-0.2, 0) is 4.79 Å². The SMILES string of the molecule is COc1ccc(Cl)cc1C=CC(=O)Nc1cccc(C(=O)O)c1. The van der Waals surface area contributed by atoms with Crippen molar-refractivity contribution in [2.75, 3.05) is 12.4 Å². The van der Waals surface area contributed by atoms with E-state index >= 15 is 0 Å². The Balaban J connectivity index is 2.12. The number of halogens is 1. The van der Waals surface area contributed by atoms with Gasteiger partial charge in [-0.2, -0.15) is 0 Å². The Morgan fingerprint density at radius 3 is 2.70 bits per heavy atom. The van der Waals surface area contributed by atoms with Gasteiger partial charge in [0, 0.05) is 22.3 Å². The van der Waals surface area contributed by atoms with Crippen molar-refractivity contribution in [3.05, 3.63) is 64.7 Å². The number of carboxylic acid groups (broad SMARTS) is 1. The van der Waals surface area contributed by atoms with Crippen LogP contribution < -0.4 is 10.1 Å². The van der Waals surface area contributed by atoms with Crippen LogP contribution in [0.25, 0.3) is 6.08 Å². The molecule has 0 saturated heterocycles. The number of carbonyl (C=O) groups is 2. The summed E-state index contributed by atoms with van der Waals surface area (Å²) in [6.45, 7) is 0. The highest BCUT2D eigenvalue weighted by Crippen LogP contribution is 2.23. The molecule has 2 rings (SSSR count). The van der Waals surface area contributed by atoms with Gasteiger partial charge in [-0.15, -0.1) is 0 Å². The third kappa shape index (κ3) is 4.59. The molecular weight excluding hydrogens is 318 g/mol. The van der Waals surface area contributed by atoms with Crippen LogP contribution >= 0.6 is 11.6 Å². The number of benzene rings is 2. The van der Waals surface area contributed by atoms with Gasteiger partial charge < -0.3 is 15.2 Å². The van der Waals surface area contributed by atoms with E-state index in [1.807, 2.05) is 0 Å². The molecule has 0 heterocycles. The summed E-state index contributed by atoms with van der Waals surface area (Å²) in [7, 11) is 1.53. The number of carboxylic acids is 1. The molecule has 5 nitrogen and oxygen atoms in total. The number of amides is 1. The first-order chi connectivity index (χ1) is 11.0. The minimum Gasteiger partial charge on any atom is -0.496 e. The smallest absolute Gasteiger partial charge is 0.335 e. The lowest BCUT2D eigenvalue weighted by Gasteiger charge is -2.05. The lowest BCUT2D eigenvalue weighted by atomic mass is 10.2. The van der Waals surface area contributed by atoms with Crippen molar-refractivity contribution in [2.45, 2.75) is 0 Å². The summed E-state index contributed by atoms with van der Waals surface area (Å²) < 4.78 is 5.19. The number of anilines is 1. The Morgan fingerprint density at radius 1 is 1.22 bits per heavy atom. The number of hydrogen-bond donors (Lipinski definition) is 2. The van der Waals surface area contributed by atoms with Crippen LogP contribution in [0.4, 0.5) is 5.69 Å². The molecule has 2 N–H and O–H groups in total. The average Bonchev–Trinajstić information content (AvgIpc) is 2.53. The minimum atomic E-state index is -1.06. The molecule has 6 heteroatoms. The van der Waals surface area contributed by atoms with Gasteiger partial charge in [-0.25, -0.2) is 4.79 Å². The Labute approximate surface area is 138 Å². The van der Waals surface area contributed by atoms with Gasteiger partial charge in [-0.05, 0) is 42.5 Å². The average molecular weight is 332 g/mol. The molecule has 0 unspecified atom stereocenters. The van der Waals surface area contributed by atoms with E-state index in [1.54, 1.807) is 36.4 Å². The normalized spacial score (nSPS) is 10.5. The van der Waals surface area contributed by atoms with Crippen molar-refractivity contribution >= 4 is 35.2 Å². The summed E-state index contributed by atoms with van der Waals surface area (Å²) in [5.74, 6) is -0.860. The van der Waals surface area contributed by atoms with Crippen molar-refractivity contribution in [2.24, 2.45) is 0 Å². The van der Waals surface area contributed by atoms with Crippen LogP contribution in [0.2, 0.25) is 5.02 Å². The van der Waals surface area contributed by atoms with Crippen LogP contribution in [0, 0.1) is 0 Å². The zero-order valence-corrected chi connectivity index (χ0v) is 13.0. The molecule has 23 heavy (non-hydrogen) atoms. The molecule has 0 fully saturated rings. The van der Waals surface area contributed by atoms with Crippen LogP contribution in [0.5, 0.6) is 5.75 Å². The highest BCUT2D eigenvalue weighted by Gasteiger charge is 2.05. The second-order valence-electron chi connectivity index (χ2n) is 4.59. The highest BCUT2D eigenvalue weighted by molar-refractivity contribution is 6.30. The first-order valence-electron chi connectivity index (χ1n) is 6.65. The molecule has 2 aromatic rings. The first kappa shape index (κ1) is 16.6. The van der Waals surface area contributed by atoms with Crippen LogP contribution in [0.1, 0.15) is 15.9 Å². The van der Waals surface area contributed by atoms with Gasteiger partial charge in [0.2, 0.25) is 5.91 Å². The predicted octanol–water partition coefficient (Wildman–Crippen LogP) is 3.70. The summed E-state index contributed by atoms with van der Waals surface area (Å²) in [6, 6.07) is 11.1. The molecular formula is C17H14ClNO4. The van der Waals surface area contributed by atoms with E-state index < -0.39 is 11.9 Å². The minimum absolute atomic E-state index is 0.100. The van der Waals surface area contributed by atoms with E-state index in [0.29, 0.717) is 22.0 Å². The molecule has 0 saturated carbocycles. The molecule has 0 radical (unpaired) electrons. The van der Waals surface area contributed by atoms with Gasteiger partial charge in [0.15, 0.2) is 0 Å². The van der Waals surface area contributed by atoms with Gasteiger partial charge in [0.05, 0.1) is 12.7 Å². The van der Waals surface area contributed by atoms with Gasteiger partial charge in [0.1, 0.15) is 5.75 Å². The molecule has 0 spiro atoms. The summed E-state index contributed by atoms with van der Waals surface area (Å²) in [4.78, 5) is 22.8. The van der Waals surface area contributed by atoms with Crippen molar-refractivity contribution in [1.82, 2.24) is 0 Å². The molecule has 0 aliphatic carbocycles. The zero-order chi connectivity index (χ0) is 16.8. The maximum absolute atomic E-state index is 11.9. The van der Waals surface area contributed by atoms with Crippen molar-refractivity contribution in [1.29, 1.82) is 0 Å². The molecule has 2 aromatic carbocycles. The van der Waals surface area contributed by atoms with Crippen LogP contribution in [-0.4, -0.2) is 24.1 Å². The summed E-state index contributed by atoms with van der Waals surface area (Å²) in [5, 5.41) is 12.1. The van der Waals surface area contributed by atoms with Gasteiger partial charge in [-0.1, -0.05) is 17.7 Å². The van der Waals surface area contributed by atoms with E-state index in [4.69, 9.17) is 21.4 Å². The van der Waals surface area contributed by atoms with Crippen LogP contribution in [0.3, 0.4) is 0 Å². The highest BCUT2D eigenvalue weighted by atomic mass is 35.5. The standard InChI is InChI=1S/C17H14ClNO4/c1-23-15-7-6-13(18)9-11(15)5-8-16(20)19-14-4-2-3-12(10-14)17(21)22/h2-10H,1H3,(H,19,20)(H,21,22). The number of rotatable bonds is 5. The molecule has 0 aliphatic rings. The lowest BCUT2D eigenvalue weighted by molar-refractivity contribution is -0.111. The Kier molecular flexibility index (Phi) is 5.38. The van der Waals surface area contributed by atoms with Crippen molar-refractivity contribution in [3.8, 4) is 5.75 Å². The largest absolute Gasteiger partial charge is 0.496 e. The van der Waals surface area contributed by atoms with E-state index in [0.717, 1.165) is 0 Å². The summed E-state index contributed by atoms with van der Waals surface area (Å²) >= 11 is 5.92. The van der Waals surface area contributed by atoms with Gasteiger partial charge in [0.25, 0.3) is 0 Å². The maximum Gasteiger partial charge on any atom is 0.335 e. The number of aromatic carboxylic acids is 1. The summed E-state index contributed by atoms with van der Waals surface area (Å²) in [6.07, 6.45) is 2.89. The number of nitrogens with one attached hydrogen (secondary N) is 1. The fraction of sp³-hybridized carbons (Fsp3) is 0.0588. The van der Waals surface area contributed by atoms with E-state index in [2.05, 4.69) is 5.32 Å². The molecule has 0 bridgehead atoms. The fourth-order valence-corrected chi connectivity index (χ4v) is 2.10. The summed E-state index contributed by atoms with van der Waals surface area (Å²) in [5.41, 5.74) is 1.16. The Bertz CT molecular complexity index is 771. The third-order valence-corrected chi connectivity index (χ3v) is 3.22. The predicted molar refractivity (Wildman–Crippen MR) is 89.1 cm³/mol. The molecule has 0 aromatic heterocycles. The van der Waals surface area contributed by atoms with Crippen LogP contribution in [0.15, 0.2) is 48.5 Å².